The molecular weight excluding hydrogens is 266 g/mol. The van der Waals surface area contributed by atoms with E-state index in [9.17, 15) is 10.1 Å². The first-order chi connectivity index (χ1) is 9.80. The summed E-state index contributed by atoms with van der Waals surface area (Å²) in [6, 6.07) is 5.59. The lowest BCUT2D eigenvalue weighted by molar-refractivity contribution is -0.384. The molecule has 5 heteroatoms. The number of hydrogen-bond acceptors (Lipinski definition) is 4. The van der Waals surface area contributed by atoms with Gasteiger partial charge in [-0.25, -0.2) is 0 Å². The van der Waals surface area contributed by atoms with Crippen LogP contribution in [0.3, 0.4) is 0 Å². The van der Waals surface area contributed by atoms with E-state index in [1.165, 1.54) is 31.7 Å². The zero-order valence-corrected chi connectivity index (χ0v) is 13.1. The van der Waals surface area contributed by atoms with Crippen LogP contribution in [0.15, 0.2) is 18.2 Å². The monoisotopic (exact) mass is 291 g/mol. The second kappa shape index (κ2) is 6.02. The van der Waals surface area contributed by atoms with Crippen molar-refractivity contribution < 1.29 is 4.92 Å². The van der Waals surface area contributed by atoms with Crippen molar-refractivity contribution in [3.8, 4) is 0 Å². The minimum Gasteiger partial charge on any atom is -0.393 e. The van der Waals surface area contributed by atoms with Crippen LogP contribution in [0.5, 0.6) is 0 Å². The van der Waals surface area contributed by atoms with Gasteiger partial charge in [0.15, 0.2) is 0 Å². The van der Waals surface area contributed by atoms with Crippen molar-refractivity contribution in [2.45, 2.75) is 52.1 Å². The predicted octanol–water partition coefficient (Wildman–Crippen LogP) is 3.58. The van der Waals surface area contributed by atoms with Gasteiger partial charge in [0, 0.05) is 18.7 Å². The number of nitrogen functional groups attached to an aromatic ring is 1. The first-order valence-corrected chi connectivity index (χ1v) is 7.52. The largest absolute Gasteiger partial charge is 0.393 e. The number of nitrogens with zero attached hydrogens (tertiary/aromatic N) is 2. The topological polar surface area (TPSA) is 72.4 Å². The fraction of sp³-hybridized carbons (Fsp3) is 0.625. The summed E-state index contributed by atoms with van der Waals surface area (Å²) in [6.07, 6.45) is 4.81. The van der Waals surface area contributed by atoms with Gasteiger partial charge in [-0.05, 0) is 43.7 Å². The summed E-state index contributed by atoms with van der Waals surface area (Å²) in [5.41, 5.74) is 7.53. The molecule has 2 N–H and O–H groups in total. The highest BCUT2D eigenvalue weighted by atomic mass is 16.6. The Morgan fingerprint density at radius 3 is 2.57 bits per heavy atom. The summed E-state index contributed by atoms with van der Waals surface area (Å²) in [4.78, 5) is 12.8. The van der Waals surface area contributed by atoms with Gasteiger partial charge in [0.05, 0.1) is 4.92 Å². The summed E-state index contributed by atoms with van der Waals surface area (Å²) in [7, 11) is 2.08. The van der Waals surface area contributed by atoms with E-state index in [1.807, 2.05) is 6.07 Å². The fourth-order valence-electron chi connectivity index (χ4n) is 3.12. The summed E-state index contributed by atoms with van der Waals surface area (Å²) in [6.45, 7) is 5.31. The SMILES string of the molecule is CN(Cc1cccc([N+](=O)[O-])c1N)C1CCC(C)(C)CC1. The van der Waals surface area contributed by atoms with Crippen LogP contribution in [0.2, 0.25) is 0 Å². The smallest absolute Gasteiger partial charge is 0.292 e. The first-order valence-electron chi connectivity index (χ1n) is 7.52. The van der Waals surface area contributed by atoms with Gasteiger partial charge in [0.1, 0.15) is 5.69 Å². The third-order valence-electron chi connectivity index (χ3n) is 4.72. The summed E-state index contributed by atoms with van der Waals surface area (Å²) < 4.78 is 0. The maximum absolute atomic E-state index is 10.9. The predicted molar refractivity (Wildman–Crippen MR) is 85.0 cm³/mol. The molecule has 0 aliphatic heterocycles. The van der Waals surface area contributed by atoms with Crippen LogP contribution >= 0.6 is 0 Å². The lowest BCUT2D eigenvalue weighted by Gasteiger charge is -2.38. The van der Waals surface area contributed by atoms with E-state index in [2.05, 4.69) is 25.8 Å². The summed E-state index contributed by atoms with van der Waals surface area (Å²) in [5, 5.41) is 10.9. The molecule has 0 radical (unpaired) electrons. The van der Waals surface area contributed by atoms with Gasteiger partial charge in [-0.1, -0.05) is 26.0 Å². The highest BCUT2D eigenvalue weighted by molar-refractivity contribution is 5.62. The van der Waals surface area contributed by atoms with E-state index < -0.39 is 4.92 Å². The second-order valence-corrected chi connectivity index (χ2v) is 6.92. The molecule has 1 aromatic rings. The van der Waals surface area contributed by atoms with Gasteiger partial charge in [-0.3, -0.25) is 15.0 Å². The van der Waals surface area contributed by atoms with Crippen LogP contribution < -0.4 is 5.73 Å². The molecule has 21 heavy (non-hydrogen) atoms. The van der Waals surface area contributed by atoms with Gasteiger partial charge in [-0.15, -0.1) is 0 Å². The standard InChI is InChI=1S/C16H25N3O2/c1-16(2)9-7-13(8-10-16)18(3)11-12-5-4-6-14(15(12)17)19(20)21/h4-6,13H,7-11,17H2,1-3H3. The second-order valence-electron chi connectivity index (χ2n) is 6.92. The molecule has 2 rings (SSSR count). The number of benzene rings is 1. The Morgan fingerprint density at radius 2 is 2.00 bits per heavy atom. The first kappa shape index (κ1) is 15.8. The van der Waals surface area contributed by atoms with Crippen molar-refractivity contribution in [1.29, 1.82) is 0 Å². The maximum Gasteiger partial charge on any atom is 0.292 e. The Labute approximate surface area is 126 Å². The number of anilines is 1. The molecule has 1 aromatic carbocycles. The minimum atomic E-state index is -0.415. The molecule has 5 nitrogen and oxygen atoms in total. The Balaban J connectivity index is 2.05. The molecule has 116 valence electrons. The van der Waals surface area contributed by atoms with E-state index in [0.717, 1.165) is 5.56 Å². The molecular formula is C16H25N3O2. The lowest BCUT2D eigenvalue weighted by Crippen LogP contribution is -2.36. The molecule has 0 aromatic heterocycles. The Kier molecular flexibility index (Phi) is 4.52. The number of rotatable bonds is 4. The third-order valence-corrected chi connectivity index (χ3v) is 4.72. The van der Waals surface area contributed by atoms with Crippen LogP contribution in [-0.2, 0) is 6.54 Å². The third kappa shape index (κ3) is 3.73. The lowest BCUT2D eigenvalue weighted by atomic mass is 9.75. The fourth-order valence-corrected chi connectivity index (χ4v) is 3.12. The van der Waals surface area contributed by atoms with E-state index in [0.29, 0.717) is 23.7 Å². The Hall–Kier alpha value is -1.62. The van der Waals surface area contributed by atoms with E-state index in [-0.39, 0.29) is 5.69 Å². The van der Waals surface area contributed by atoms with Gasteiger partial charge < -0.3 is 5.73 Å². The highest BCUT2D eigenvalue weighted by Crippen LogP contribution is 2.37. The molecule has 0 saturated heterocycles. The van der Waals surface area contributed by atoms with Crippen molar-refractivity contribution in [1.82, 2.24) is 4.90 Å². The molecule has 0 heterocycles. The normalized spacial score (nSPS) is 18.9. The average Bonchev–Trinajstić information content (AvgIpc) is 2.40. The van der Waals surface area contributed by atoms with Crippen molar-refractivity contribution in [3.63, 3.8) is 0 Å². The molecule has 1 aliphatic carbocycles. The molecule has 0 spiro atoms. The van der Waals surface area contributed by atoms with Crippen LogP contribution in [0, 0.1) is 15.5 Å². The van der Waals surface area contributed by atoms with Crippen molar-refractivity contribution in [2.75, 3.05) is 12.8 Å². The number of nitro groups is 1. The molecule has 1 saturated carbocycles. The molecule has 0 amide bonds. The molecule has 1 fully saturated rings. The number of nitrogens with two attached hydrogens (primary N) is 1. The van der Waals surface area contributed by atoms with E-state index in [4.69, 9.17) is 5.73 Å². The summed E-state index contributed by atoms with van der Waals surface area (Å²) in [5.74, 6) is 0. The molecule has 0 bridgehead atoms. The Morgan fingerprint density at radius 1 is 1.38 bits per heavy atom. The van der Waals surface area contributed by atoms with Crippen molar-refractivity contribution in [3.05, 3.63) is 33.9 Å². The Bertz CT molecular complexity index is 518. The van der Waals surface area contributed by atoms with Crippen LogP contribution in [0.25, 0.3) is 0 Å². The highest BCUT2D eigenvalue weighted by Gasteiger charge is 2.29. The van der Waals surface area contributed by atoms with Crippen LogP contribution in [0.1, 0.15) is 45.1 Å². The summed E-state index contributed by atoms with van der Waals surface area (Å²) >= 11 is 0. The molecule has 1 aliphatic rings. The van der Waals surface area contributed by atoms with Gasteiger partial charge in [-0.2, -0.15) is 0 Å². The average molecular weight is 291 g/mol. The zero-order valence-electron chi connectivity index (χ0n) is 13.1. The van der Waals surface area contributed by atoms with Gasteiger partial charge in [0.25, 0.3) is 5.69 Å². The maximum atomic E-state index is 10.9. The number of nitro benzene ring substituents is 1. The molecule has 0 atom stereocenters. The van der Waals surface area contributed by atoms with Crippen molar-refractivity contribution >= 4 is 11.4 Å². The minimum absolute atomic E-state index is 0.00526. The quantitative estimate of drug-likeness (QED) is 0.523. The molecule has 0 unspecified atom stereocenters. The van der Waals surface area contributed by atoms with Gasteiger partial charge in [0.2, 0.25) is 0 Å². The number of para-hydroxylation sites is 1. The zero-order chi connectivity index (χ0) is 15.6. The van der Waals surface area contributed by atoms with E-state index in [1.54, 1.807) is 6.07 Å². The van der Waals surface area contributed by atoms with Crippen LogP contribution in [-0.4, -0.2) is 22.9 Å². The van der Waals surface area contributed by atoms with E-state index >= 15 is 0 Å². The van der Waals surface area contributed by atoms with Crippen LogP contribution in [0.4, 0.5) is 11.4 Å². The number of hydrogen-bond donors (Lipinski definition) is 1. The van der Waals surface area contributed by atoms with Crippen molar-refractivity contribution in [2.24, 2.45) is 5.41 Å². The van der Waals surface area contributed by atoms with Gasteiger partial charge >= 0.3 is 0 Å².